The van der Waals surface area contributed by atoms with Gasteiger partial charge in [0.2, 0.25) is 0 Å². The minimum atomic E-state index is -0.138. The first-order valence-electron chi connectivity index (χ1n) is 4.11. The lowest BCUT2D eigenvalue weighted by Gasteiger charge is -2.07. The molecule has 1 rings (SSSR count). The van der Waals surface area contributed by atoms with Crippen molar-refractivity contribution in [3.8, 4) is 0 Å². The highest BCUT2D eigenvalue weighted by molar-refractivity contribution is 8.02. The number of hydrogen-bond acceptors (Lipinski definition) is 4. The first kappa shape index (κ1) is 10.6. The first-order chi connectivity index (χ1) is 6.24. The van der Waals surface area contributed by atoms with Crippen LogP contribution in [0, 0.1) is 0 Å². The van der Waals surface area contributed by atoms with Crippen molar-refractivity contribution >= 4 is 29.1 Å². The van der Waals surface area contributed by atoms with Crippen molar-refractivity contribution in [3.63, 3.8) is 0 Å². The Morgan fingerprint density at radius 3 is 3.08 bits per heavy atom. The predicted octanol–water partition coefficient (Wildman–Crippen LogP) is 2.79. The third kappa shape index (κ3) is 3.40. The topological polar surface area (TPSA) is 26.3 Å². The summed E-state index contributed by atoms with van der Waals surface area (Å²) in [4.78, 5) is 11.2. The normalized spacial score (nSPS) is 12.5. The van der Waals surface area contributed by atoms with Gasteiger partial charge < -0.3 is 4.74 Å². The molecule has 0 radical (unpaired) electrons. The minimum Gasteiger partial charge on any atom is -0.465 e. The van der Waals surface area contributed by atoms with Crippen LogP contribution in [0.2, 0.25) is 0 Å². The molecule has 0 aromatic carbocycles. The molecule has 0 aliphatic carbocycles. The Balaban J connectivity index is 2.41. The smallest absolute Gasteiger partial charge is 0.319 e. The molecule has 1 heterocycles. The molecule has 0 amide bonds. The second-order valence-electron chi connectivity index (χ2n) is 2.44. The van der Waals surface area contributed by atoms with Gasteiger partial charge in [0.05, 0.1) is 10.8 Å². The number of ether oxygens (including phenoxy) is 1. The second-order valence-corrected chi connectivity index (χ2v) is 5.03. The molecule has 0 aliphatic heterocycles. The van der Waals surface area contributed by atoms with Gasteiger partial charge in [-0.1, -0.05) is 6.07 Å². The lowest BCUT2D eigenvalue weighted by molar-refractivity contribution is -0.142. The SMILES string of the molecule is CCOC(=O)C(C)Sc1cccs1. The Morgan fingerprint density at radius 1 is 1.77 bits per heavy atom. The van der Waals surface area contributed by atoms with E-state index < -0.39 is 0 Å². The number of esters is 1. The minimum absolute atomic E-state index is 0.112. The Hall–Kier alpha value is -0.480. The van der Waals surface area contributed by atoms with Crippen molar-refractivity contribution in [2.45, 2.75) is 23.3 Å². The molecule has 1 aromatic heterocycles. The van der Waals surface area contributed by atoms with Crippen LogP contribution in [0.25, 0.3) is 0 Å². The molecule has 1 aromatic rings. The van der Waals surface area contributed by atoms with Gasteiger partial charge in [-0.25, -0.2) is 0 Å². The van der Waals surface area contributed by atoms with Crippen molar-refractivity contribution in [2.75, 3.05) is 6.61 Å². The molecule has 0 spiro atoms. The van der Waals surface area contributed by atoms with E-state index in [-0.39, 0.29) is 11.2 Å². The molecule has 0 bridgehead atoms. The van der Waals surface area contributed by atoms with Gasteiger partial charge in [0, 0.05) is 0 Å². The lowest BCUT2D eigenvalue weighted by atomic mass is 10.5. The average molecular weight is 216 g/mol. The number of thioether (sulfide) groups is 1. The molecule has 1 atom stereocenters. The van der Waals surface area contributed by atoms with E-state index in [4.69, 9.17) is 4.74 Å². The lowest BCUT2D eigenvalue weighted by Crippen LogP contribution is -2.16. The van der Waals surface area contributed by atoms with Crippen LogP contribution in [0.1, 0.15) is 13.8 Å². The van der Waals surface area contributed by atoms with Crippen molar-refractivity contribution in [1.82, 2.24) is 0 Å². The molecule has 1 unspecified atom stereocenters. The monoisotopic (exact) mass is 216 g/mol. The molecule has 2 nitrogen and oxygen atoms in total. The molecule has 4 heteroatoms. The van der Waals surface area contributed by atoms with Gasteiger partial charge in [-0.2, -0.15) is 0 Å². The van der Waals surface area contributed by atoms with Gasteiger partial charge in [-0.05, 0) is 25.3 Å². The number of carbonyl (C=O) groups is 1. The van der Waals surface area contributed by atoms with Crippen molar-refractivity contribution in [1.29, 1.82) is 0 Å². The molecule has 0 saturated heterocycles. The van der Waals surface area contributed by atoms with Crippen molar-refractivity contribution in [2.24, 2.45) is 0 Å². The zero-order valence-electron chi connectivity index (χ0n) is 7.65. The van der Waals surface area contributed by atoms with Crippen LogP contribution in [-0.2, 0) is 9.53 Å². The summed E-state index contributed by atoms with van der Waals surface area (Å²) in [6, 6.07) is 3.98. The van der Waals surface area contributed by atoms with Crippen molar-refractivity contribution < 1.29 is 9.53 Å². The molecule has 72 valence electrons. The first-order valence-corrected chi connectivity index (χ1v) is 5.86. The van der Waals surface area contributed by atoms with Gasteiger partial charge in [0.15, 0.2) is 0 Å². The zero-order valence-corrected chi connectivity index (χ0v) is 9.28. The molecular weight excluding hydrogens is 204 g/mol. The van der Waals surface area contributed by atoms with Crippen LogP contribution in [0.5, 0.6) is 0 Å². The number of hydrogen-bond donors (Lipinski definition) is 0. The maximum absolute atomic E-state index is 11.2. The van der Waals surface area contributed by atoms with Crippen LogP contribution in [0.3, 0.4) is 0 Å². The fourth-order valence-electron chi connectivity index (χ4n) is 0.812. The quantitative estimate of drug-likeness (QED) is 0.572. The molecular formula is C9H12O2S2. The van der Waals surface area contributed by atoms with Gasteiger partial charge in [-0.3, -0.25) is 4.79 Å². The number of thiophene rings is 1. The Kier molecular flexibility index (Phi) is 4.32. The average Bonchev–Trinajstić information content (AvgIpc) is 2.57. The summed E-state index contributed by atoms with van der Waals surface area (Å²) >= 11 is 3.18. The highest BCUT2D eigenvalue weighted by atomic mass is 32.2. The summed E-state index contributed by atoms with van der Waals surface area (Å²) in [7, 11) is 0. The van der Waals surface area contributed by atoms with Gasteiger partial charge in [0.25, 0.3) is 0 Å². The zero-order chi connectivity index (χ0) is 9.68. The fourth-order valence-corrected chi connectivity index (χ4v) is 2.75. The van der Waals surface area contributed by atoms with E-state index in [0.717, 1.165) is 4.21 Å². The third-order valence-corrected chi connectivity index (χ3v) is 3.56. The number of carbonyl (C=O) groups excluding carboxylic acids is 1. The van der Waals surface area contributed by atoms with Gasteiger partial charge in [-0.15, -0.1) is 23.1 Å². The van der Waals surface area contributed by atoms with E-state index in [2.05, 4.69) is 0 Å². The van der Waals surface area contributed by atoms with Crippen LogP contribution in [-0.4, -0.2) is 17.8 Å². The highest BCUT2D eigenvalue weighted by Crippen LogP contribution is 2.27. The van der Waals surface area contributed by atoms with Gasteiger partial charge in [0.1, 0.15) is 5.25 Å². The van der Waals surface area contributed by atoms with Crippen LogP contribution in [0.15, 0.2) is 21.7 Å². The molecule has 0 N–H and O–H groups in total. The van der Waals surface area contributed by atoms with E-state index >= 15 is 0 Å². The van der Waals surface area contributed by atoms with E-state index in [0.29, 0.717) is 6.61 Å². The van der Waals surface area contributed by atoms with Crippen LogP contribution >= 0.6 is 23.1 Å². The second kappa shape index (κ2) is 5.29. The summed E-state index contributed by atoms with van der Waals surface area (Å²) in [6.45, 7) is 4.14. The molecule has 0 fully saturated rings. The van der Waals surface area contributed by atoms with E-state index in [1.807, 2.05) is 31.4 Å². The van der Waals surface area contributed by atoms with Crippen LogP contribution in [0.4, 0.5) is 0 Å². The van der Waals surface area contributed by atoms with E-state index in [1.54, 1.807) is 23.1 Å². The van der Waals surface area contributed by atoms with Crippen molar-refractivity contribution in [3.05, 3.63) is 17.5 Å². The predicted molar refractivity (Wildman–Crippen MR) is 56.3 cm³/mol. The standard InChI is InChI=1S/C9H12O2S2/c1-3-11-9(10)7(2)13-8-5-4-6-12-8/h4-7H,3H2,1-2H3. The summed E-state index contributed by atoms with van der Waals surface area (Å²) in [5.41, 5.74) is 0. The summed E-state index contributed by atoms with van der Waals surface area (Å²) in [5, 5.41) is 1.89. The van der Waals surface area contributed by atoms with E-state index in [1.165, 1.54) is 0 Å². The van der Waals surface area contributed by atoms with Gasteiger partial charge >= 0.3 is 5.97 Å². The molecule has 0 aliphatic rings. The van der Waals surface area contributed by atoms with Crippen LogP contribution < -0.4 is 0 Å². The Morgan fingerprint density at radius 2 is 2.54 bits per heavy atom. The highest BCUT2D eigenvalue weighted by Gasteiger charge is 2.15. The Labute approximate surface area is 86.3 Å². The molecule has 13 heavy (non-hydrogen) atoms. The summed E-state index contributed by atoms with van der Waals surface area (Å²) in [6.07, 6.45) is 0. The summed E-state index contributed by atoms with van der Waals surface area (Å²) in [5.74, 6) is -0.138. The third-order valence-electron chi connectivity index (χ3n) is 1.41. The number of rotatable bonds is 4. The maximum Gasteiger partial charge on any atom is 0.319 e. The maximum atomic E-state index is 11.2. The largest absolute Gasteiger partial charge is 0.465 e. The molecule has 0 saturated carbocycles. The fraction of sp³-hybridized carbons (Fsp3) is 0.444. The van der Waals surface area contributed by atoms with E-state index in [9.17, 15) is 4.79 Å². The summed E-state index contributed by atoms with van der Waals surface area (Å²) < 4.78 is 6.05. The Bertz CT molecular complexity index is 257.